The molecule has 4 nitrogen and oxygen atoms in total. The molecule has 0 saturated carbocycles. The number of hydrogen-bond donors (Lipinski definition) is 2. The summed E-state index contributed by atoms with van der Waals surface area (Å²) in [5.74, 6) is 0. The Bertz CT molecular complexity index is 490. The molecular weight excluding hydrogens is 226 g/mol. The van der Waals surface area contributed by atoms with E-state index in [0.717, 1.165) is 17.7 Å². The number of aliphatic hydroxyl groups excluding tert-OH is 1. The Morgan fingerprint density at radius 3 is 2.67 bits per heavy atom. The highest BCUT2D eigenvalue weighted by atomic mass is 16.3. The highest BCUT2D eigenvalue weighted by molar-refractivity contribution is 5.23. The van der Waals surface area contributed by atoms with E-state index in [0.29, 0.717) is 6.54 Å². The molecule has 1 atom stereocenters. The van der Waals surface area contributed by atoms with Gasteiger partial charge < -0.3 is 10.4 Å². The standard InChI is InChI=1S/C14H19N3O/c1-11-3-5-13(6-4-11)14(18)9-15-7-12-8-16-17(2)10-12/h3-6,8,10,14-15,18H,7,9H2,1-2H3. The zero-order valence-corrected chi connectivity index (χ0v) is 10.8. The fourth-order valence-electron chi connectivity index (χ4n) is 1.82. The second-order valence-corrected chi connectivity index (χ2v) is 4.58. The van der Waals surface area contributed by atoms with Crippen LogP contribution >= 0.6 is 0 Å². The normalized spacial score (nSPS) is 12.6. The van der Waals surface area contributed by atoms with Crippen molar-refractivity contribution >= 4 is 0 Å². The molecule has 18 heavy (non-hydrogen) atoms. The van der Waals surface area contributed by atoms with E-state index >= 15 is 0 Å². The van der Waals surface area contributed by atoms with Gasteiger partial charge in [0.05, 0.1) is 12.3 Å². The van der Waals surface area contributed by atoms with E-state index < -0.39 is 6.10 Å². The zero-order valence-electron chi connectivity index (χ0n) is 10.8. The van der Waals surface area contributed by atoms with Gasteiger partial charge >= 0.3 is 0 Å². The van der Waals surface area contributed by atoms with Gasteiger partial charge in [0.15, 0.2) is 0 Å². The van der Waals surface area contributed by atoms with Gasteiger partial charge in [0.1, 0.15) is 0 Å². The summed E-state index contributed by atoms with van der Waals surface area (Å²) in [5, 5.41) is 17.3. The summed E-state index contributed by atoms with van der Waals surface area (Å²) >= 11 is 0. The van der Waals surface area contributed by atoms with E-state index in [1.807, 2.05) is 50.6 Å². The molecule has 2 aromatic rings. The molecule has 4 heteroatoms. The van der Waals surface area contributed by atoms with Gasteiger partial charge in [-0.3, -0.25) is 4.68 Å². The number of aliphatic hydroxyl groups is 1. The molecule has 0 fully saturated rings. The van der Waals surface area contributed by atoms with Crippen LogP contribution in [-0.2, 0) is 13.6 Å². The van der Waals surface area contributed by atoms with Gasteiger partial charge in [-0.05, 0) is 12.5 Å². The zero-order chi connectivity index (χ0) is 13.0. The minimum absolute atomic E-state index is 0.470. The third-order valence-corrected chi connectivity index (χ3v) is 2.89. The number of hydrogen-bond acceptors (Lipinski definition) is 3. The molecule has 0 amide bonds. The number of benzene rings is 1. The van der Waals surface area contributed by atoms with E-state index in [9.17, 15) is 5.11 Å². The molecule has 0 radical (unpaired) electrons. The lowest BCUT2D eigenvalue weighted by molar-refractivity contribution is 0.174. The predicted octanol–water partition coefficient (Wildman–Crippen LogP) is 1.55. The molecule has 2 rings (SSSR count). The fraction of sp³-hybridized carbons (Fsp3) is 0.357. The van der Waals surface area contributed by atoms with Crippen molar-refractivity contribution in [2.75, 3.05) is 6.54 Å². The summed E-state index contributed by atoms with van der Waals surface area (Å²) in [4.78, 5) is 0. The van der Waals surface area contributed by atoms with Gasteiger partial charge in [0.25, 0.3) is 0 Å². The minimum atomic E-state index is -0.470. The molecule has 0 saturated heterocycles. The lowest BCUT2D eigenvalue weighted by Gasteiger charge is -2.12. The maximum atomic E-state index is 10.0. The van der Waals surface area contributed by atoms with Crippen LogP contribution in [0.5, 0.6) is 0 Å². The molecule has 0 aliphatic carbocycles. The molecule has 1 aromatic carbocycles. The smallest absolute Gasteiger partial charge is 0.0914 e. The van der Waals surface area contributed by atoms with Crippen LogP contribution in [0.1, 0.15) is 22.8 Å². The van der Waals surface area contributed by atoms with E-state index in [1.54, 1.807) is 4.68 Å². The molecule has 0 aliphatic heterocycles. The summed E-state index contributed by atoms with van der Waals surface area (Å²) in [7, 11) is 1.89. The van der Waals surface area contributed by atoms with E-state index in [1.165, 1.54) is 5.56 Å². The topological polar surface area (TPSA) is 50.1 Å². The van der Waals surface area contributed by atoms with Crippen LogP contribution in [0.2, 0.25) is 0 Å². The average Bonchev–Trinajstić information content (AvgIpc) is 2.76. The molecule has 96 valence electrons. The molecule has 2 N–H and O–H groups in total. The third kappa shape index (κ3) is 3.42. The van der Waals surface area contributed by atoms with Crippen molar-refractivity contribution < 1.29 is 5.11 Å². The first kappa shape index (κ1) is 12.8. The molecule has 1 heterocycles. The largest absolute Gasteiger partial charge is 0.387 e. The van der Waals surface area contributed by atoms with Crippen molar-refractivity contribution in [2.24, 2.45) is 7.05 Å². The Hall–Kier alpha value is -1.65. The summed E-state index contributed by atoms with van der Waals surface area (Å²) in [6, 6.07) is 7.96. The number of nitrogens with zero attached hydrogens (tertiary/aromatic N) is 2. The van der Waals surface area contributed by atoms with Crippen LogP contribution in [0.25, 0.3) is 0 Å². The van der Waals surface area contributed by atoms with Crippen LogP contribution in [0, 0.1) is 6.92 Å². The number of aryl methyl sites for hydroxylation is 2. The van der Waals surface area contributed by atoms with Crippen molar-refractivity contribution in [3.63, 3.8) is 0 Å². The first-order chi connectivity index (χ1) is 8.65. The maximum Gasteiger partial charge on any atom is 0.0914 e. The van der Waals surface area contributed by atoms with Crippen LogP contribution in [0.4, 0.5) is 0 Å². The minimum Gasteiger partial charge on any atom is -0.387 e. The number of aromatic nitrogens is 2. The van der Waals surface area contributed by atoms with Crippen LogP contribution < -0.4 is 5.32 Å². The Labute approximate surface area is 107 Å². The molecule has 1 aromatic heterocycles. The van der Waals surface area contributed by atoms with Crippen molar-refractivity contribution in [1.29, 1.82) is 0 Å². The highest BCUT2D eigenvalue weighted by Crippen LogP contribution is 2.12. The first-order valence-corrected chi connectivity index (χ1v) is 6.08. The second kappa shape index (κ2) is 5.80. The molecular formula is C14H19N3O. The van der Waals surface area contributed by atoms with Crippen LogP contribution in [-0.4, -0.2) is 21.4 Å². The first-order valence-electron chi connectivity index (χ1n) is 6.08. The van der Waals surface area contributed by atoms with Gasteiger partial charge in [0, 0.05) is 31.9 Å². The summed E-state index contributed by atoms with van der Waals surface area (Å²) in [6.45, 7) is 3.30. The quantitative estimate of drug-likeness (QED) is 0.840. The van der Waals surface area contributed by atoms with Gasteiger partial charge in [-0.1, -0.05) is 29.8 Å². The van der Waals surface area contributed by atoms with Gasteiger partial charge in [-0.25, -0.2) is 0 Å². The van der Waals surface area contributed by atoms with Crippen LogP contribution in [0.3, 0.4) is 0 Å². The lowest BCUT2D eigenvalue weighted by Crippen LogP contribution is -2.20. The average molecular weight is 245 g/mol. The SMILES string of the molecule is Cc1ccc(C(O)CNCc2cnn(C)c2)cc1. The lowest BCUT2D eigenvalue weighted by atomic mass is 10.1. The van der Waals surface area contributed by atoms with Crippen molar-refractivity contribution in [1.82, 2.24) is 15.1 Å². The van der Waals surface area contributed by atoms with Crippen molar-refractivity contribution in [2.45, 2.75) is 19.6 Å². The number of rotatable bonds is 5. The van der Waals surface area contributed by atoms with Gasteiger partial charge in [0.2, 0.25) is 0 Å². The van der Waals surface area contributed by atoms with Gasteiger partial charge in [-0.15, -0.1) is 0 Å². The number of nitrogens with one attached hydrogen (secondary N) is 1. The Morgan fingerprint density at radius 1 is 1.33 bits per heavy atom. The molecule has 0 aliphatic rings. The monoisotopic (exact) mass is 245 g/mol. The molecule has 1 unspecified atom stereocenters. The fourth-order valence-corrected chi connectivity index (χ4v) is 1.82. The van der Waals surface area contributed by atoms with E-state index in [2.05, 4.69) is 10.4 Å². The Morgan fingerprint density at radius 2 is 2.06 bits per heavy atom. The summed E-state index contributed by atoms with van der Waals surface area (Å²) < 4.78 is 1.77. The van der Waals surface area contributed by atoms with Gasteiger partial charge in [-0.2, -0.15) is 5.10 Å². The van der Waals surface area contributed by atoms with Crippen LogP contribution in [0.15, 0.2) is 36.7 Å². The summed E-state index contributed by atoms with van der Waals surface area (Å²) in [6.07, 6.45) is 3.32. The Balaban J connectivity index is 1.81. The maximum absolute atomic E-state index is 10.0. The van der Waals surface area contributed by atoms with Crippen molar-refractivity contribution in [3.8, 4) is 0 Å². The highest BCUT2D eigenvalue weighted by Gasteiger charge is 2.06. The van der Waals surface area contributed by atoms with E-state index in [4.69, 9.17) is 0 Å². The van der Waals surface area contributed by atoms with Crippen molar-refractivity contribution in [3.05, 3.63) is 53.3 Å². The van der Waals surface area contributed by atoms with E-state index in [-0.39, 0.29) is 0 Å². The Kier molecular flexibility index (Phi) is 4.12. The second-order valence-electron chi connectivity index (χ2n) is 4.58. The third-order valence-electron chi connectivity index (χ3n) is 2.89. The molecule has 0 bridgehead atoms. The predicted molar refractivity (Wildman–Crippen MR) is 71.1 cm³/mol. The summed E-state index contributed by atoms with van der Waals surface area (Å²) in [5.41, 5.74) is 3.27. The molecule has 0 spiro atoms.